The Morgan fingerprint density at radius 2 is 1.65 bits per heavy atom. The number of carbonyl (C=O) groups is 1. The molecule has 0 saturated carbocycles. The summed E-state index contributed by atoms with van der Waals surface area (Å²) in [4.78, 5) is 18.9. The summed E-state index contributed by atoms with van der Waals surface area (Å²) in [5.74, 6) is 0.140. The lowest BCUT2D eigenvalue weighted by atomic mass is 10.2. The van der Waals surface area contributed by atoms with Crippen LogP contribution in [0.25, 0.3) is 0 Å². The number of piperazine rings is 2. The molecule has 1 aromatic rings. The molecule has 2 saturated heterocycles. The van der Waals surface area contributed by atoms with Crippen LogP contribution < -0.4 is 4.90 Å². The summed E-state index contributed by atoms with van der Waals surface area (Å²) in [6.07, 6.45) is 1.24. The first-order chi connectivity index (χ1) is 12.3. The van der Waals surface area contributed by atoms with Gasteiger partial charge in [-0.05, 0) is 24.6 Å². The summed E-state index contributed by atoms with van der Waals surface area (Å²) < 4.78 is 24.6. The largest absolute Gasteiger partial charge is 0.368 e. The van der Waals surface area contributed by atoms with E-state index in [1.54, 1.807) is 0 Å². The van der Waals surface area contributed by atoms with Crippen molar-refractivity contribution in [1.29, 1.82) is 0 Å². The minimum atomic E-state index is -3.13. The van der Waals surface area contributed by atoms with Gasteiger partial charge in [-0.3, -0.25) is 9.69 Å². The summed E-state index contributed by atoms with van der Waals surface area (Å²) in [7, 11) is -3.13. The first-order valence-electron chi connectivity index (χ1n) is 9.10. The third kappa shape index (κ3) is 4.75. The Labute approximate surface area is 156 Å². The van der Waals surface area contributed by atoms with E-state index < -0.39 is 10.0 Å². The third-order valence-electron chi connectivity index (χ3n) is 5.16. The number of sulfonamides is 1. The smallest absolute Gasteiger partial charge is 0.236 e. The number of aryl methyl sites for hydroxylation is 1. The lowest BCUT2D eigenvalue weighted by Crippen LogP contribution is -2.54. The van der Waals surface area contributed by atoms with Crippen molar-refractivity contribution in [3.8, 4) is 0 Å². The summed E-state index contributed by atoms with van der Waals surface area (Å²) in [5.41, 5.74) is 2.46. The molecule has 0 spiro atoms. The molecule has 0 bridgehead atoms. The predicted octanol–water partition coefficient (Wildman–Crippen LogP) is 0.221. The molecule has 26 heavy (non-hydrogen) atoms. The second-order valence-electron chi connectivity index (χ2n) is 7.15. The van der Waals surface area contributed by atoms with E-state index in [4.69, 9.17) is 0 Å². The van der Waals surface area contributed by atoms with E-state index in [0.717, 1.165) is 26.2 Å². The van der Waals surface area contributed by atoms with E-state index in [2.05, 4.69) is 41.0 Å². The molecule has 3 rings (SSSR count). The highest BCUT2D eigenvalue weighted by Crippen LogP contribution is 2.18. The van der Waals surface area contributed by atoms with Crippen LogP contribution in [-0.2, 0) is 14.8 Å². The fraction of sp³-hybridized carbons (Fsp3) is 0.611. The van der Waals surface area contributed by atoms with Gasteiger partial charge in [0.05, 0.1) is 12.8 Å². The highest BCUT2D eigenvalue weighted by molar-refractivity contribution is 7.88. The Morgan fingerprint density at radius 1 is 1.00 bits per heavy atom. The molecule has 144 valence electrons. The van der Waals surface area contributed by atoms with Gasteiger partial charge in [0.2, 0.25) is 15.9 Å². The van der Waals surface area contributed by atoms with Crippen LogP contribution >= 0.6 is 0 Å². The molecule has 2 fully saturated rings. The minimum Gasteiger partial charge on any atom is -0.368 e. The maximum Gasteiger partial charge on any atom is 0.236 e. The molecule has 1 amide bonds. The van der Waals surface area contributed by atoms with Crippen LogP contribution in [0.2, 0.25) is 0 Å². The van der Waals surface area contributed by atoms with E-state index >= 15 is 0 Å². The molecule has 2 aliphatic heterocycles. The van der Waals surface area contributed by atoms with Crippen molar-refractivity contribution in [3.63, 3.8) is 0 Å². The lowest BCUT2D eigenvalue weighted by Gasteiger charge is -2.38. The van der Waals surface area contributed by atoms with Crippen LogP contribution in [0.5, 0.6) is 0 Å². The van der Waals surface area contributed by atoms with E-state index in [1.807, 2.05) is 4.90 Å². The zero-order valence-electron chi connectivity index (χ0n) is 15.6. The highest BCUT2D eigenvalue weighted by Gasteiger charge is 2.27. The lowest BCUT2D eigenvalue weighted by molar-refractivity contribution is -0.133. The number of hydrogen-bond donors (Lipinski definition) is 0. The zero-order chi connectivity index (χ0) is 18.7. The van der Waals surface area contributed by atoms with E-state index in [-0.39, 0.29) is 5.91 Å². The van der Waals surface area contributed by atoms with Crippen molar-refractivity contribution < 1.29 is 13.2 Å². The van der Waals surface area contributed by atoms with Gasteiger partial charge in [0, 0.05) is 58.0 Å². The van der Waals surface area contributed by atoms with Gasteiger partial charge in [-0.15, -0.1) is 0 Å². The van der Waals surface area contributed by atoms with Crippen LogP contribution in [0.3, 0.4) is 0 Å². The number of amides is 1. The Morgan fingerprint density at radius 3 is 2.23 bits per heavy atom. The second-order valence-corrected chi connectivity index (χ2v) is 9.13. The summed E-state index contributed by atoms with van der Waals surface area (Å²) in [6.45, 7) is 7.78. The average Bonchev–Trinajstić information content (AvgIpc) is 2.61. The number of nitrogens with zero attached hydrogens (tertiary/aromatic N) is 4. The monoisotopic (exact) mass is 380 g/mol. The Hall–Kier alpha value is -1.64. The molecule has 7 nitrogen and oxygen atoms in total. The topological polar surface area (TPSA) is 64.2 Å². The summed E-state index contributed by atoms with van der Waals surface area (Å²) >= 11 is 0. The molecule has 0 aliphatic carbocycles. The maximum atomic E-state index is 12.6. The van der Waals surface area contributed by atoms with E-state index in [1.165, 1.54) is 21.8 Å². The predicted molar refractivity (Wildman–Crippen MR) is 103 cm³/mol. The maximum absolute atomic E-state index is 12.6. The second kappa shape index (κ2) is 7.94. The van der Waals surface area contributed by atoms with Gasteiger partial charge in [-0.2, -0.15) is 4.31 Å². The first kappa shape index (κ1) is 19.1. The Kier molecular flexibility index (Phi) is 5.84. The van der Waals surface area contributed by atoms with Crippen molar-refractivity contribution in [1.82, 2.24) is 14.1 Å². The quantitative estimate of drug-likeness (QED) is 0.748. The van der Waals surface area contributed by atoms with Crippen molar-refractivity contribution >= 4 is 21.6 Å². The number of carbonyl (C=O) groups excluding carboxylic acids is 1. The standard InChI is InChI=1S/C18H28N4O3S/c1-16-4-3-5-17(14-16)20-8-10-21(11-9-20)18(23)15-19-6-12-22(13-7-19)26(2,24)25/h3-5,14H,6-13,15H2,1-2H3. The van der Waals surface area contributed by atoms with Gasteiger partial charge in [0.15, 0.2) is 0 Å². The molecule has 0 atom stereocenters. The molecular weight excluding hydrogens is 352 g/mol. The third-order valence-corrected chi connectivity index (χ3v) is 6.46. The van der Waals surface area contributed by atoms with Crippen LogP contribution in [0.1, 0.15) is 5.56 Å². The van der Waals surface area contributed by atoms with Crippen LogP contribution in [-0.4, -0.2) is 93.6 Å². The van der Waals surface area contributed by atoms with Gasteiger partial charge in [0.25, 0.3) is 0 Å². The van der Waals surface area contributed by atoms with Gasteiger partial charge in [-0.1, -0.05) is 12.1 Å². The normalized spacial score (nSPS) is 20.4. The summed E-state index contributed by atoms with van der Waals surface area (Å²) in [6, 6.07) is 8.45. The molecular formula is C18H28N4O3S. The first-order valence-corrected chi connectivity index (χ1v) is 10.9. The molecule has 2 aliphatic rings. The average molecular weight is 381 g/mol. The molecule has 1 aromatic carbocycles. The van der Waals surface area contributed by atoms with E-state index in [9.17, 15) is 13.2 Å². The molecule has 0 radical (unpaired) electrons. The van der Waals surface area contributed by atoms with Crippen LogP contribution in [0.4, 0.5) is 5.69 Å². The number of benzene rings is 1. The van der Waals surface area contributed by atoms with Crippen LogP contribution in [0.15, 0.2) is 24.3 Å². The molecule has 0 unspecified atom stereocenters. The van der Waals surface area contributed by atoms with Gasteiger partial charge in [-0.25, -0.2) is 8.42 Å². The number of rotatable bonds is 4. The van der Waals surface area contributed by atoms with Gasteiger partial charge >= 0.3 is 0 Å². The van der Waals surface area contributed by atoms with Crippen LogP contribution in [0, 0.1) is 6.92 Å². The fourth-order valence-electron chi connectivity index (χ4n) is 3.55. The van der Waals surface area contributed by atoms with Gasteiger partial charge in [0.1, 0.15) is 0 Å². The Bertz CT molecular complexity index is 737. The number of anilines is 1. The van der Waals surface area contributed by atoms with Crippen molar-refractivity contribution in [2.24, 2.45) is 0 Å². The SMILES string of the molecule is Cc1cccc(N2CCN(C(=O)CN3CCN(S(C)(=O)=O)CC3)CC2)c1. The highest BCUT2D eigenvalue weighted by atomic mass is 32.2. The zero-order valence-corrected chi connectivity index (χ0v) is 16.4. The minimum absolute atomic E-state index is 0.140. The summed E-state index contributed by atoms with van der Waals surface area (Å²) in [5, 5.41) is 0. The van der Waals surface area contributed by atoms with Crippen molar-refractivity contribution in [2.45, 2.75) is 6.92 Å². The van der Waals surface area contributed by atoms with Crippen molar-refractivity contribution in [3.05, 3.63) is 29.8 Å². The molecule has 0 N–H and O–H groups in total. The molecule has 2 heterocycles. The van der Waals surface area contributed by atoms with Gasteiger partial charge < -0.3 is 9.80 Å². The number of hydrogen-bond acceptors (Lipinski definition) is 5. The molecule has 0 aromatic heterocycles. The van der Waals surface area contributed by atoms with E-state index in [0.29, 0.717) is 32.7 Å². The Balaban J connectivity index is 1.46. The molecule has 8 heteroatoms. The fourth-order valence-corrected chi connectivity index (χ4v) is 4.38. The van der Waals surface area contributed by atoms with Crippen molar-refractivity contribution in [2.75, 3.05) is 70.1 Å².